The minimum Gasteiger partial charge on any atom is -0.391 e. The Labute approximate surface area is 116 Å². The van der Waals surface area contributed by atoms with Crippen molar-refractivity contribution < 1.29 is 9.90 Å². The van der Waals surface area contributed by atoms with Gasteiger partial charge in [-0.05, 0) is 46.5 Å². The van der Waals surface area contributed by atoms with E-state index >= 15 is 0 Å². The fourth-order valence-electron chi connectivity index (χ4n) is 3.70. The van der Waals surface area contributed by atoms with Gasteiger partial charge in [-0.15, -0.1) is 0 Å². The van der Waals surface area contributed by atoms with E-state index in [1.807, 2.05) is 6.92 Å². The Morgan fingerprint density at radius 2 is 1.74 bits per heavy atom. The minimum atomic E-state index is -0.363. The van der Waals surface area contributed by atoms with Gasteiger partial charge in [0.25, 0.3) is 0 Å². The van der Waals surface area contributed by atoms with Crippen LogP contribution in [0.2, 0.25) is 0 Å². The van der Waals surface area contributed by atoms with Crippen molar-refractivity contribution in [2.75, 3.05) is 0 Å². The number of rotatable bonds is 3. The topological polar surface area (TPSA) is 52.6 Å². The highest BCUT2D eigenvalue weighted by atomic mass is 16.3. The summed E-state index contributed by atoms with van der Waals surface area (Å²) in [6, 6.07) is 0.817. The monoisotopic (exact) mass is 268 g/mol. The molecule has 1 saturated heterocycles. The largest absolute Gasteiger partial charge is 0.391 e. The molecule has 19 heavy (non-hydrogen) atoms. The number of aliphatic hydroxyl groups is 1. The Balaban J connectivity index is 1.91. The number of aliphatic hydroxyl groups excluding tert-OH is 1. The lowest BCUT2D eigenvalue weighted by atomic mass is 9.92. The van der Waals surface area contributed by atoms with Crippen LogP contribution in [0.1, 0.15) is 59.3 Å². The molecule has 0 aromatic heterocycles. The van der Waals surface area contributed by atoms with E-state index in [0.29, 0.717) is 12.1 Å². The maximum absolute atomic E-state index is 12.4. The van der Waals surface area contributed by atoms with Gasteiger partial charge in [-0.1, -0.05) is 12.8 Å². The summed E-state index contributed by atoms with van der Waals surface area (Å²) in [5.41, 5.74) is 0. The van der Waals surface area contributed by atoms with E-state index in [1.165, 1.54) is 12.8 Å². The van der Waals surface area contributed by atoms with Crippen LogP contribution in [0.5, 0.6) is 0 Å². The molecule has 1 saturated carbocycles. The van der Waals surface area contributed by atoms with Gasteiger partial charge in [-0.2, -0.15) is 0 Å². The normalized spacial score (nSPS) is 38.1. The van der Waals surface area contributed by atoms with Crippen LogP contribution >= 0.6 is 0 Å². The molecule has 110 valence electrons. The molecule has 2 fully saturated rings. The molecular weight excluding hydrogens is 240 g/mol. The van der Waals surface area contributed by atoms with Crippen molar-refractivity contribution in [3.63, 3.8) is 0 Å². The summed E-state index contributed by atoms with van der Waals surface area (Å²) in [7, 11) is 0. The summed E-state index contributed by atoms with van der Waals surface area (Å²) >= 11 is 0. The van der Waals surface area contributed by atoms with E-state index in [1.54, 1.807) is 0 Å². The minimum absolute atomic E-state index is 0.0445. The van der Waals surface area contributed by atoms with E-state index in [9.17, 15) is 9.90 Å². The first-order valence-corrected chi connectivity index (χ1v) is 7.76. The molecule has 0 aromatic carbocycles. The molecule has 0 spiro atoms. The van der Waals surface area contributed by atoms with Crippen LogP contribution in [0, 0.1) is 0 Å². The van der Waals surface area contributed by atoms with Gasteiger partial charge in [0.1, 0.15) is 0 Å². The van der Waals surface area contributed by atoms with Crippen molar-refractivity contribution in [2.24, 2.45) is 0 Å². The maximum Gasteiger partial charge on any atom is 0.237 e. The number of carbonyl (C=O) groups is 1. The predicted octanol–water partition coefficient (Wildman–Crippen LogP) is 1.67. The second-order valence-electron chi connectivity index (χ2n) is 6.37. The molecule has 4 nitrogen and oxygen atoms in total. The number of nitrogens with zero attached hydrogens (tertiary/aromatic N) is 1. The third-order valence-electron chi connectivity index (χ3n) is 4.90. The second-order valence-corrected chi connectivity index (χ2v) is 6.37. The van der Waals surface area contributed by atoms with Gasteiger partial charge < -0.3 is 10.4 Å². The van der Waals surface area contributed by atoms with E-state index in [0.717, 1.165) is 25.7 Å². The van der Waals surface area contributed by atoms with Gasteiger partial charge in [0.2, 0.25) is 5.91 Å². The molecule has 2 N–H and O–H groups in total. The summed E-state index contributed by atoms with van der Waals surface area (Å²) < 4.78 is 0. The highest BCUT2D eigenvalue weighted by Crippen LogP contribution is 2.26. The molecule has 0 aromatic rings. The molecule has 1 aliphatic carbocycles. The Hall–Kier alpha value is -0.610. The van der Waals surface area contributed by atoms with Crippen LogP contribution in [-0.2, 0) is 4.79 Å². The first-order valence-electron chi connectivity index (χ1n) is 7.76. The number of amides is 1. The van der Waals surface area contributed by atoms with Gasteiger partial charge in [0.15, 0.2) is 0 Å². The number of hydrogen-bond donors (Lipinski definition) is 2. The van der Waals surface area contributed by atoms with Gasteiger partial charge in [0, 0.05) is 12.1 Å². The van der Waals surface area contributed by atoms with Crippen LogP contribution in [0.3, 0.4) is 0 Å². The zero-order valence-corrected chi connectivity index (χ0v) is 12.4. The fourth-order valence-corrected chi connectivity index (χ4v) is 3.70. The molecule has 1 amide bonds. The molecule has 2 rings (SSSR count). The predicted molar refractivity (Wildman–Crippen MR) is 75.9 cm³/mol. The van der Waals surface area contributed by atoms with Crippen LogP contribution in [0.4, 0.5) is 0 Å². The standard InChI is InChI=1S/C15H28N2O2/c1-10-8-9-11(2)17(10)12(3)15(19)16-13-6-4-5-7-14(13)18/h10-14,18H,4-9H2,1-3H3,(H,16,19). The van der Waals surface area contributed by atoms with Crippen molar-refractivity contribution >= 4 is 5.91 Å². The molecule has 0 radical (unpaired) electrons. The molecule has 1 heterocycles. The molecule has 0 bridgehead atoms. The lowest BCUT2D eigenvalue weighted by Crippen LogP contribution is -2.54. The summed E-state index contributed by atoms with van der Waals surface area (Å²) in [5, 5.41) is 13.0. The second kappa shape index (κ2) is 6.23. The average Bonchev–Trinajstić information content (AvgIpc) is 2.71. The van der Waals surface area contributed by atoms with Gasteiger partial charge in [-0.25, -0.2) is 0 Å². The Morgan fingerprint density at radius 3 is 2.32 bits per heavy atom. The SMILES string of the molecule is CC1CCC(C)N1C(C)C(=O)NC1CCCCC1O. The average molecular weight is 268 g/mol. The van der Waals surface area contributed by atoms with Gasteiger partial charge >= 0.3 is 0 Å². The first kappa shape index (κ1) is 14.8. The van der Waals surface area contributed by atoms with Crippen molar-refractivity contribution in [1.82, 2.24) is 10.2 Å². The molecular formula is C15H28N2O2. The first-order chi connectivity index (χ1) is 9.00. The Morgan fingerprint density at radius 1 is 1.16 bits per heavy atom. The maximum atomic E-state index is 12.4. The third-order valence-corrected chi connectivity index (χ3v) is 4.90. The lowest BCUT2D eigenvalue weighted by Gasteiger charge is -2.34. The van der Waals surface area contributed by atoms with Crippen molar-refractivity contribution in [3.8, 4) is 0 Å². The zero-order valence-electron chi connectivity index (χ0n) is 12.4. The van der Waals surface area contributed by atoms with E-state index in [-0.39, 0.29) is 24.1 Å². The molecule has 2 aliphatic rings. The van der Waals surface area contributed by atoms with Gasteiger partial charge in [-0.3, -0.25) is 9.69 Å². The number of likely N-dealkylation sites (tertiary alicyclic amines) is 1. The number of carbonyl (C=O) groups excluding carboxylic acids is 1. The highest BCUT2D eigenvalue weighted by molar-refractivity contribution is 5.81. The summed E-state index contributed by atoms with van der Waals surface area (Å²) in [6.07, 6.45) is 5.88. The lowest BCUT2D eigenvalue weighted by molar-refractivity contribution is -0.128. The Bertz CT molecular complexity index is 311. The van der Waals surface area contributed by atoms with E-state index < -0.39 is 0 Å². The number of nitrogens with one attached hydrogen (secondary N) is 1. The van der Waals surface area contributed by atoms with E-state index in [2.05, 4.69) is 24.1 Å². The van der Waals surface area contributed by atoms with Crippen LogP contribution in [0.15, 0.2) is 0 Å². The third kappa shape index (κ3) is 3.29. The van der Waals surface area contributed by atoms with E-state index in [4.69, 9.17) is 0 Å². The summed E-state index contributed by atoms with van der Waals surface area (Å²) in [5.74, 6) is 0.0755. The van der Waals surface area contributed by atoms with Crippen LogP contribution < -0.4 is 5.32 Å². The van der Waals surface area contributed by atoms with Crippen molar-refractivity contribution in [3.05, 3.63) is 0 Å². The van der Waals surface area contributed by atoms with Crippen LogP contribution in [0.25, 0.3) is 0 Å². The van der Waals surface area contributed by atoms with Gasteiger partial charge in [0.05, 0.1) is 18.2 Å². The smallest absolute Gasteiger partial charge is 0.237 e. The molecule has 1 aliphatic heterocycles. The highest BCUT2D eigenvalue weighted by Gasteiger charge is 2.35. The quantitative estimate of drug-likeness (QED) is 0.818. The Kier molecular flexibility index (Phi) is 4.85. The van der Waals surface area contributed by atoms with Crippen molar-refractivity contribution in [2.45, 2.75) is 89.6 Å². The molecule has 5 unspecified atom stereocenters. The molecule has 4 heteroatoms. The van der Waals surface area contributed by atoms with Crippen molar-refractivity contribution in [1.29, 1.82) is 0 Å². The molecule has 5 atom stereocenters. The summed E-state index contributed by atoms with van der Waals surface area (Å²) in [6.45, 7) is 6.38. The summed E-state index contributed by atoms with van der Waals surface area (Å²) in [4.78, 5) is 14.7. The van der Waals surface area contributed by atoms with Crippen LogP contribution in [-0.4, -0.2) is 46.2 Å². The fraction of sp³-hybridized carbons (Fsp3) is 0.933. The number of hydrogen-bond acceptors (Lipinski definition) is 3. The zero-order chi connectivity index (χ0) is 14.0.